The number of phenolic OH excluding ortho intramolecular Hbond substituents is 2. The van der Waals surface area contributed by atoms with E-state index < -0.39 is 0 Å². The summed E-state index contributed by atoms with van der Waals surface area (Å²) in [5, 5.41) is 19.8. The van der Waals surface area contributed by atoms with Crippen LogP contribution in [0.25, 0.3) is 0 Å². The summed E-state index contributed by atoms with van der Waals surface area (Å²) in [4.78, 5) is 14.3. The van der Waals surface area contributed by atoms with Gasteiger partial charge in [0.1, 0.15) is 22.9 Å². The summed E-state index contributed by atoms with van der Waals surface area (Å²) in [6.45, 7) is 1.16. The molecule has 1 aliphatic rings. The molecule has 0 saturated carbocycles. The minimum atomic E-state index is -0.355. The van der Waals surface area contributed by atoms with Gasteiger partial charge in [-0.05, 0) is 55.4 Å². The van der Waals surface area contributed by atoms with Crippen molar-refractivity contribution in [3.05, 3.63) is 59.4 Å². The molecule has 2 N–H and O–H groups in total. The van der Waals surface area contributed by atoms with Crippen molar-refractivity contribution in [3.8, 4) is 11.5 Å². The summed E-state index contributed by atoms with van der Waals surface area (Å²) in [5.41, 5.74) is 0.654. The molecule has 1 amide bonds. The van der Waals surface area contributed by atoms with Crippen LogP contribution in [0.5, 0.6) is 11.5 Å². The number of benzene rings is 2. The van der Waals surface area contributed by atoms with E-state index in [1.165, 1.54) is 24.3 Å². The minimum absolute atomic E-state index is 0.0442. The Bertz CT molecular complexity index is 742. The zero-order chi connectivity index (χ0) is 17.8. The third-order valence-electron chi connectivity index (χ3n) is 4.82. The third kappa shape index (κ3) is 3.92. The monoisotopic (exact) mass is 343 g/mol. The molecule has 1 unspecified atom stereocenters. The lowest BCUT2D eigenvalue weighted by molar-refractivity contribution is 0.0662. The Morgan fingerprint density at radius 2 is 1.84 bits per heavy atom. The van der Waals surface area contributed by atoms with Crippen LogP contribution < -0.4 is 0 Å². The first-order valence-corrected chi connectivity index (χ1v) is 8.60. The van der Waals surface area contributed by atoms with Crippen molar-refractivity contribution in [3.63, 3.8) is 0 Å². The highest BCUT2D eigenvalue weighted by molar-refractivity contribution is 5.99. The van der Waals surface area contributed by atoms with Gasteiger partial charge in [-0.2, -0.15) is 0 Å². The van der Waals surface area contributed by atoms with Gasteiger partial charge >= 0.3 is 0 Å². The van der Waals surface area contributed by atoms with Gasteiger partial charge in [-0.3, -0.25) is 4.79 Å². The first kappa shape index (κ1) is 17.3. The van der Waals surface area contributed by atoms with Crippen LogP contribution in [0.4, 0.5) is 4.39 Å². The maximum Gasteiger partial charge on any atom is 0.261 e. The van der Waals surface area contributed by atoms with E-state index in [4.69, 9.17) is 0 Å². The molecular formula is C20H22FNO3. The second kappa shape index (κ2) is 7.55. The minimum Gasteiger partial charge on any atom is -0.507 e. The van der Waals surface area contributed by atoms with Crippen LogP contribution in [0, 0.1) is 11.7 Å². The van der Waals surface area contributed by atoms with Crippen LogP contribution in [0.15, 0.2) is 42.5 Å². The Hall–Kier alpha value is -2.56. The van der Waals surface area contributed by atoms with Gasteiger partial charge in [-0.15, -0.1) is 0 Å². The number of carbonyl (C=O) groups is 1. The molecule has 1 fully saturated rings. The highest BCUT2D eigenvalue weighted by atomic mass is 19.1. The predicted octanol–water partition coefficient (Wildman–Crippen LogP) is 3.72. The topological polar surface area (TPSA) is 60.8 Å². The van der Waals surface area contributed by atoms with Gasteiger partial charge in [0.2, 0.25) is 0 Å². The van der Waals surface area contributed by atoms with E-state index >= 15 is 0 Å². The highest BCUT2D eigenvalue weighted by Gasteiger charge is 2.27. The number of nitrogens with zero attached hydrogens (tertiary/aromatic N) is 1. The molecule has 2 aromatic carbocycles. The fourth-order valence-corrected chi connectivity index (χ4v) is 3.45. The van der Waals surface area contributed by atoms with Crippen LogP contribution in [0.1, 0.15) is 35.2 Å². The molecule has 0 aromatic heterocycles. The quantitative estimate of drug-likeness (QED) is 0.889. The number of hydrogen-bond acceptors (Lipinski definition) is 3. The largest absolute Gasteiger partial charge is 0.507 e. The summed E-state index contributed by atoms with van der Waals surface area (Å²) in [7, 11) is 0. The fourth-order valence-electron chi connectivity index (χ4n) is 3.45. The summed E-state index contributed by atoms with van der Waals surface area (Å²) in [6.07, 6.45) is 3.30. The van der Waals surface area contributed by atoms with Crippen LogP contribution in [-0.2, 0) is 6.42 Å². The average Bonchev–Trinajstić information content (AvgIpc) is 2.61. The second-order valence-corrected chi connectivity index (χ2v) is 6.56. The zero-order valence-electron chi connectivity index (χ0n) is 14.0. The average molecular weight is 343 g/mol. The van der Waals surface area contributed by atoms with E-state index in [0.29, 0.717) is 25.1 Å². The number of aryl methyl sites for hydroxylation is 1. The number of phenols is 2. The number of amides is 1. The molecule has 0 radical (unpaired) electrons. The summed E-state index contributed by atoms with van der Waals surface area (Å²) in [6, 6.07) is 11.1. The van der Waals surface area contributed by atoms with Gasteiger partial charge in [0.05, 0.1) is 0 Å². The van der Waals surface area contributed by atoms with Gasteiger partial charge in [-0.25, -0.2) is 4.39 Å². The van der Waals surface area contributed by atoms with Gasteiger partial charge in [0.15, 0.2) is 0 Å². The van der Waals surface area contributed by atoms with E-state index in [1.54, 1.807) is 17.0 Å². The molecule has 1 heterocycles. The first-order chi connectivity index (χ1) is 12.1. The van der Waals surface area contributed by atoms with E-state index in [0.717, 1.165) is 19.3 Å². The van der Waals surface area contributed by atoms with Crippen molar-refractivity contribution >= 4 is 5.91 Å². The Morgan fingerprint density at radius 3 is 2.56 bits per heavy atom. The molecule has 0 bridgehead atoms. The number of hydrogen-bond donors (Lipinski definition) is 2. The molecule has 25 heavy (non-hydrogen) atoms. The Balaban J connectivity index is 1.65. The molecule has 4 nitrogen and oxygen atoms in total. The molecule has 132 valence electrons. The van der Waals surface area contributed by atoms with E-state index in [1.807, 2.05) is 6.07 Å². The van der Waals surface area contributed by atoms with E-state index in [2.05, 4.69) is 0 Å². The number of rotatable bonds is 4. The van der Waals surface area contributed by atoms with Crippen molar-refractivity contribution in [2.24, 2.45) is 5.92 Å². The van der Waals surface area contributed by atoms with E-state index in [-0.39, 0.29) is 34.7 Å². The number of halogens is 1. The van der Waals surface area contributed by atoms with Crippen molar-refractivity contribution in [2.75, 3.05) is 13.1 Å². The number of piperidine rings is 1. The summed E-state index contributed by atoms with van der Waals surface area (Å²) in [5.74, 6) is -0.682. The smallest absolute Gasteiger partial charge is 0.261 e. The van der Waals surface area contributed by atoms with Crippen molar-refractivity contribution < 1.29 is 19.4 Å². The standard InChI is InChI=1S/C20H22FNO3/c21-16-7-2-1-6-15(16)11-10-14-5-4-12-22(13-14)20(25)19-17(23)8-3-9-18(19)24/h1-3,6-9,14,23-24H,4-5,10-13H2. The summed E-state index contributed by atoms with van der Waals surface area (Å²) >= 11 is 0. The van der Waals surface area contributed by atoms with Gasteiger partial charge in [0.25, 0.3) is 5.91 Å². The van der Waals surface area contributed by atoms with Gasteiger partial charge in [-0.1, -0.05) is 24.3 Å². The van der Waals surface area contributed by atoms with Crippen LogP contribution >= 0.6 is 0 Å². The predicted molar refractivity (Wildman–Crippen MR) is 93.1 cm³/mol. The molecule has 1 aliphatic heterocycles. The lowest BCUT2D eigenvalue weighted by Gasteiger charge is -2.33. The van der Waals surface area contributed by atoms with Crippen LogP contribution in [0.3, 0.4) is 0 Å². The van der Waals surface area contributed by atoms with E-state index in [9.17, 15) is 19.4 Å². The van der Waals surface area contributed by atoms with Crippen molar-refractivity contribution in [1.82, 2.24) is 4.90 Å². The second-order valence-electron chi connectivity index (χ2n) is 6.56. The Labute approximate surface area is 146 Å². The molecular weight excluding hydrogens is 321 g/mol. The molecule has 2 aromatic rings. The lowest BCUT2D eigenvalue weighted by Crippen LogP contribution is -2.40. The maximum atomic E-state index is 13.7. The molecule has 1 saturated heterocycles. The first-order valence-electron chi connectivity index (χ1n) is 8.60. The molecule has 5 heteroatoms. The SMILES string of the molecule is O=C(c1c(O)cccc1O)N1CCCC(CCc2ccccc2F)C1. The molecule has 1 atom stereocenters. The maximum absolute atomic E-state index is 13.7. The lowest BCUT2D eigenvalue weighted by atomic mass is 9.91. The number of likely N-dealkylation sites (tertiary alicyclic amines) is 1. The third-order valence-corrected chi connectivity index (χ3v) is 4.82. The Morgan fingerprint density at radius 1 is 1.12 bits per heavy atom. The van der Waals surface area contributed by atoms with Gasteiger partial charge in [0, 0.05) is 13.1 Å². The molecule has 3 rings (SSSR count). The van der Waals surface area contributed by atoms with Gasteiger partial charge < -0.3 is 15.1 Å². The highest BCUT2D eigenvalue weighted by Crippen LogP contribution is 2.30. The molecule has 0 spiro atoms. The van der Waals surface area contributed by atoms with Crippen LogP contribution in [-0.4, -0.2) is 34.1 Å². The number of carbonyl (C=O) groups excluding carboxylic acids is 1. The zero-order valence-corrected chi connectivity index (χ0v) is 14.0. The molecule has 0 aliphatic carbocycles. The summed E-state index contributed by atoms with van der Waals surface area (Å²) < 4.78 is 13.7. The van der Waals surface area contributed by atoms with Crippen LogP contribution in [0.2, 0.25) is 0 Å². The van der Waals surface area contributed by atoms with Crippen molar-refractivity contribution in [1.29, 1.82) is 0 Å². The fraction of sp³-hybridized carbons (Fsp3) is 0.350. The van der Waals surface area contributed by atoms with Crippen molar-refractivity contribution in [2.45, 2.75) is 25.7 Å². The number of aromatic hydroxyl groups is 2. The normalized spacial score (nSPS) is 17.5. The Kier molecular flexibility index (Phi) is 5.22.